The molecule has 0 saturated carbocycles. The highest BCUT2D eigenvalue weighted by Gasteiger charge is 2.17. The normalized spacial score (nSPS) is 11.2. The Morgan fingerprint density at radius 3 is 2.81 bits per heavy atom. The van der Waals surface area contributed by atoms with Crippen LogP contribution in [-0.2, 0) is 6.54 Å². The molecule has 0 spiro atoms. The van der Waals surface area contributed by atoms with Crippen molar-refractivity contribution in [1.29, 1.82) is 0 Å². The van der Waals surface area contributed by atoms with Crippen molar-refractivity contribution >= 4 is 16.7 Å². The van der Waals surface area contributed by atoms with Gasteiger partial charge in [0.25, 0.3) is 5.89 Å². The Morgan fingerprint density at radius 1 is 1.15 bits per heavy atom. The number of rotatable bonds is 5. The maximum absolute atomic E-state index is 5.43. The molecule has 0 atom stereocenters. The Balaban J connectivity index is 1.79. The van der Waals surface area contributed by atoms with Crippen LogP contribution in [0.25, 0.3) is 33.9 Å². The molecule has 0 aliphatic heterocycles. The number of anilines is 1. The van der Waals surface area contributed by atoms with Gasteiger partial charge in [-0.05, 0) is 18.6 Å². The van der Waals surface area contributed by atoms with Gasteiger partial charge < -0.3 is 9.42 Å². The quantitative estimate of drug-likeness (QED) is 0.547. The summed E-state index contributed by atoms with van der Waals surface area (Å²) >= 11 is 0. The first-order valence-corrected chi connectivity index (χ1v) is 8.47. The van der Waals surface area contributed by atoms with E-state index in [1.165, 1.54) is 0 Å². The van der Waals surface area contributed by atoms with Crippen molar-refractivity contribution in [3.8, 4) is 23.0 Å². The average Bonchev–Trinajstić information content (AvgIpc) is 3.30. The molecular weight excluding hydrogens is 330 g/mol. The summed E-state index contributed by atoms with van der Waals surface area (Å²) < 4.78 is 7.20. The van der Waals surface area contributed by atoms with E-state index in [0.29, 0.717) is 17.4 Å². The molecule has 132 valence electrons. The van der Waals surface area contributed by atoms with E-state index in [-0.39, 0.29) is 0 Å². The predicted octanol–water partition coefficient (Wildman–Crippen LogP) is 3.02. The molecule has 0 aliphatic rings. The first-order chi connectivity index (χ1) is 12.7. The summed E-state index contributed by atoms with van der Waals surface area (Å²) in [5.41, 5.74) is 2.33. The number of para-hydroxylation sites is 1. The lowest BCUT2D eigenvalue weighted by Crippen LogP contribution is -2.10. The van der Waals surface area contributed by atoms with Crippen LogP contribution < -0.4 is 4.90 Å². The van der Waals surface area contributed by atoms with E-state index >= 15 is 0 Å². The van der Waals surface area contributed by atoms with Crippen molar-refractivity contribution in [3.05, 3.63) is 36.5 Å². The molecule has 0 bridgehead atoms. The van der Waals surface area contributed by atoms with Crippen molar-refractivity contribution in [1.82, 2.24) is 30.1 Å². The van der Waals surface area contributed by atoms with Crippen LogP contribution in [0.15, 0.2) is 41.1 Å². The molecule has 26 heavy (non-hydrogen) atoms. The molecule has 0 N–H and O–H groups in total. The second-order valence-electron chi connectivity index (χ2n) is 6.23. The van der Waals surface area contributed by atoms with E-state index in [0.717, 1.165) is 35.2 Å². The average molecular weight is 349 g/mol. The molecule has 4 aromatic rings. The Labute approximate surface area is 150 Å². The van der Waals surface area contributed by atoms with Crippen LogP contribution in [0.1, 0.15) is 13.3 Å². The van der Waals surface area contributed by atoms with Gasteiger partial charge >= 0.3 is 0 Å². The van der Waals surface area contributed by atoms with Crippen molar-refractivity contribution in [3.63, 3.8) is 0 Å². The fourth-order valence-corrected chi connectivity index (χ4v) is 2.75. The SMILES string of the molecule is CCCn1cc(-c2nc(-c3cc(N(C)C)nc4ccccc34)no2)nn1. The van der Waals surface area contributed by atoms with Crippen LogP contribution in [0.5, 0.6) is 0 Å². The topological polar surface area (TPSA) is 85.8 Å². The smallest absolute Gasteiger partial charge is 0.280 e. The van der Waals surface area contributed by atoms with Gasteiger partial charge in [0.2, 0.25) is 5.82 Å². The fraction of sp³-hybridized carbons (Fsp3) is 0.278. The number of hydrogen-bond acceptors (Lipinski definition) is 7. The molecule has 0 aliphatic carbocycles. The van der Waals surface area contributed by atoms with Gasteiger partial charge in [-0.3, -0.25) is 4.68 Å². The zero-order valence-corrected chi connectivity index (χ0v) is 14.9. The van der Waals surface area contributed by atoms with Crippen LogP contribution in [0.2, 0.25) is 0 Å². The summed E-state index contributed by atoms with van der Waals surface area (Å²) in [6.45, 7) is 2.89. The number of aryl methyl sites for hydroxylation is 1. The standard InChI is InChI=1S/C18H19N7O/c1-4-9-25-11-15(21-23-25)18-20-17(22-26-18)13-10-16(24(2)3)19-14-8-6-5-7-12(13)14/h5-8,10-11H,4,9H2,1-3H3. The van der Waals surface area contributed by atoms with E-state index in [2.05, 4.69) is 32.4 Å². The number of pyridine rings is 1. The molecule has 0 saturated heterocycles. The molecule has 3 aromatic heterocycles. The molecule has 0 unspecified atom stereocenters. The van der Waals surface area contributed by atoms with E-state index < -0.39 is 0 Å². The molecule has 3 heterocycles. The lowest BCUT2D eigenvalue weighted by molar-refractivity contribution is 0.431. The summed E-state index contributed by atoms with van der Waals surface area (Å²) in [4.78, 5) is 11.2. The second-order valence-corrected chi connectivity index (χ2v) is 6.23. The highest BCUT2D eigenvalue weighted by Crippen LogP contribution is 2.30. The van der Waals surface area contributed by atoms with Crippen molar-refractivity contribution < 1.29 is 4.52 Å². The number of hydrogen-bond donors (Lipinski definition) is 0. The van der Waals surface area contributed by atoms with Gasteiger partial charge in [0.15, 0.2) is 5.69 Å². The zero-order chi connectivity index (χ0) is 18.1. The highest BCUT2D eigenvalue weighted by atomic mass is 16.5. The summed E-state index contributed by atoms with van der Waals surface area (Å²) in [6, 6.07) is 9.88. The Bertz CT molecular complexity index is 1050. The van der Waals surface area contributed by atoms with Crippen LogP contribution in [0.4, 0.5) is 5.82 Å². The Hall–Kier alpha value is -3.29. The largest absolute Gasteiger partial charge is 0.363 e. The van der Waals surface area contributed by atoms with Gasteiger partial charge in [0, 0.05) is 31.6 Å². The maximum atomic E-state index is 5.43. The Kier molecular flexibility index (Phi) is 4.08. The first kappa shape index (κ1) is 16.2. The van der Waals surface area contributed by atoms with Gasteiger partial charge in [-0.15, -0.1) is 5.10 Å². The van der Waals surface area contributed by atoms with Crippen LogP contribution in [0.3, 0.4) is 0 Å². The van der Waals surface area contributed by atoms with E-state index in [9.17, 15) is 0 Å². The third-order valence-electron chi connectivity index (χ3n) is 4.04. The number of benzene rings is 1. The molecule has 4 rings (SSSR count). The maximum Gasteiger partial charge on any atom is 0.280 e. The number of fused-ring (bicyclic) bond motifs is 1. The summed E-state index contributed by atoms with van der Waals surface area (Å²) in [5, 5.41) is 13.3. The molecule has 0 amide bonds. The number of nitrogens with zero attached hydrogens (tertiary/aromatic N) is 7. The van der Waals surface area contributed by atoms with Gasteiger partial charge in [0.1, 0.15) is 5.82 Å². The van der Waals surface area contributed by atoms with Crippen molar-refractivity contribution in [2.24, 2.45) is 0 Å². The fourth-order valence-electron chi connectivity index (χ4n) is 2.75. The second kappa shape index (κ2) is 6.55. The van der Waals surface area contributed by atoms with E-state index in [4.69, 9.17) is 4.52 Å². The molecule has 1 aromatic carbocycles. The molecule has 8 nitrogen and oxygen atoms in total. The monoisotopic (exact) mass is 349 g/mol. The van der Waals surface area contributed by atoms with Gasteiger partial charge in [0.05, 0.1) is 11.7 Å². The van der Waals surface area contributed by atoms with Crippen LogP contribution in [0, 0.1) is 0 Å². The van der Waals surface area contributed by atoms with Gasteiger partial charge in [-0.2, -0.15) is 4.98 Å². The van der Waals surface area contributed by atoms with Crippen LogP contribution in [-0.4, -0.2) is 44.2 Å². The molecular formula is C18H19N7O. The lowest BCUT2D eigenvalue weighted by atomic mass is 10.1. The molecule has 8 heteroatoms. The summed E-state index contributed by atoms with van der Waals surface area (Å²) in [7, 11) is 3.91. The third kappa shape index (κ3) is 2.90. The molecule has 0 fully saturated rings. The molecule has 0 radical (unpaired) electrons. The van der Waals surface area contributed by atoms with Gasteiger partial charge in [-0.25, -0.2) is 4.98 Å². The van der Waals surface area contributed by atoms with E-state index in [1.807, 2.05) is 55.5 Å². The predicted molar refractivity (Wildman–Crippen MR) is 98.7 cm³/mol. The first-order valence-electron chi connectivity index (χ1n) is 8.47. The third-order valence-corrected chi connectivity index (χ3v) is 4.04. The highest BCUT2D eigenvalue weighted by molar-refractivity contribution is 5.94. The van der Waals surface area contributed by atoms with Crippen LogP contribution >= 0.6 is 0 Å². The van der Waals surface area contributed by atoms with E-state index in [1.54, 1.807) is 4.68 Å². The zero-order valence-electron chi connectivity index (χ0n) is 14.9. The summed E-state index contributed by atoms with van der Waals surface area (Å²) in [6.07, 6.45) is 2.80. The number of aromatic nitrogens is 6. The lowest BCUT2D eigenvalue weighted by Gasteiger charge is -2.13. The minimum Gasteiger partial charge on any atom is -0.363 e. The minimum absolute atomic E-state index is 0.356. The van der Waals surface area contributed by atoms with Crippen molar-refractivity contribution in [2.45, 2.75) is 19.9 Å². The van der Waals surface area contributed by atoms with Crippen molar-refractivity contribution in [2.75, 3.05) is 19.0 Å². The summed E-state index contributed by atoms with van der Waals surface area (Å²) in [5.74, 6) is 1.69. The minimum atomic E-state index is 0.356. The Morgan fingerprint density at radius 2 is 2.00 bits per heavy atom. The van der Waals surface area contributed by atoms with Gasteiger partial charge in [-0.1, -0.05) is 35.5 Å².